The molecule has 1 aromatic carbocycles. The van der Waals surface area contributed by atoms with Crippen LogP contribution in [0.1, 0.15) is 13.8 Å². The Hall–Kier alpha value is -2.60. The van der Waals surface area contributed by atoms with Crippen LogP contribution >= 0.6 is 11.6 Å². The predicted octanol–water partition coefficient (Wildman–Crippen LogP) is 4.35. The topological polar surface area (TPSA) is 71.2 Å². The normalized spacial score (nSPS) is 13.3. The zero-order valence-electron chi connectivity index (χ0n) is 13.9. The molecule has 1 aliphatic rings. The average molecular weight is 358 g/mol. The number of H-pyrrole nitrogens is 1. The fourth-order valence-electron chi connectivity index (χ4n) is 2.82. The Morgan fingerprint density at radius 1 is 1.28 bits per heavy atom. The summed E-state index contributed by atoms with van der Waals surface area (Å²) in [6, 6.07) is 8.93. The van der Waals surface area contributed by atoms with Crippen molar-refractivity contribution < 1.29 is 9.47 Å². The van der Waals surface area contributed by atoms with Crippen LogP contribution in [0.4, 0.5) is 17.2 Å². The highest BCUT2D eigenvalue weighted by atomic mass is 35.5. The highest BCUT2D eigenvalue weighted by Crippen LogP contribution is 2.39. The van der Waals surface area contributed by atoms with Gasteiger partial charge in [0.2, 0.25) is 0 Å². The minimum Gasteiger partial charge on any atom is -0.485 e. The van der Waals surface area contributed by atoms with Crippen LogP contribution in [0.15, 0.2) is 24.4 Å². The first kappa shape index (κ1) is 15.9. The molecule has 25 heavy (non-hydrogen) atoms. The minimum atomic E-state index is 0.264. The molecule has 7 heteroatoms. The molecule has 6 nitrogen and oxygen atoms in total. The maximum atomic E-state index is 6.30. The zero-order valence-corrected chi connectivity index (χ0v) is 14.7. The molecule has 0 amide bonds. The Balaban J connectivity index is 1.75. The number of nitrogens with one attached hydrogen (secondary N) is 3. The number of aromatic amines is 1. The van der Waals surface area contributed by atoms with E-state index >= 15 is 0 Å². The van der Waals surface area contributed by atoms with Crippen LogP contribution in [0.5, 0.6) is 11.5 Å². The fraction of sp³-hybridized carbons (Fsp3) is 0.278. The quantitative estimate of drug-likeness (QED) is 0.647. The first-order chi connectivity index (χ1) is 12.1. The van der Waals surface area contributed by atoms with E-state index in [1.54, 1.807) is 12.3 Å². The van der Waals surface area contributed by atoms with Gasteiger partial charge in [-0.15, -0.1) is 0 Å². The van der Waals surface area contributed by atoms with Crippen LogP contribution in [0.2, 0.25) is 5.02 Å². The lowest BCUT2D eigenvalue weighted by atomic mass is 10.2. The molecular formula is C18H18ClN4O2. The molecular weight excluding hydrogens is 340 g/mol. The molecule has 1 aliphatic heterocycles. The van der Waals surface area contributed by atoms with Crippen LogP contribution in [0, 0.1) is 6.07 Å². The van der Waals surface area contributed by atoms with Crippen LogP contribution in [-0.4, -0.2) is 29.2 Å². The van der Waals surface area contributed by atoms with Crippen LogP contribution in [0.3, 0.4) is 0 Å². The molecule has 0 fully saturated rings. The van der Waals surface area contributed by atoms with E-state index in [4.69, 9.17) is 21.1 Å². The number of hydrogen-bond acceptors (Lipinski definition) is 5. The maximum Gasteiger partial charge on any atom is 0.185 e. The summed E-state index contributed by atoms with van der Waals surface area (Å²) in [7, 11) is 0. The third kappa shape index (κ3) is 3.05. The molecule has 3 N–H and O–H groups in total. The van der Waals surface area contributed by atoms with Crippen molar-refractivity contribution in [1.82, 2.24) is 9.97 Å². The van der Waals surface area contributed by atoms with Gasteiger partial charge in [0, 0.05) is 24.4 Å². The Morgan fingerprint density at radius 3 is 2.96 bits per heavy atom. The van der Waals surface area contributed by atoms with Crippen molar-refractivity contribution in [2.45, 2.75) is 19.9 Å². The van der Waals surface area contributed by atoms with Gasteiger partial charge in [-0.3, -0.25) is 0 Å². The third-order valence-electron chi connectivity index (χ3n) is 3.79. The summed E-state index contributed by atoms with van der Waals surface area (Å²) in [5, 5.41) is 8.24. The van der Waals surface area contributed by atoms with Crippen molar-refractivity contribution in [3.05, 3.63) is 35.5 Å². The van der Waals surface area contributed by atoms with Gasteiger partial charge in [0.1, 0.15) is 24.7 Å². The van der Waals surface area contributed by atoms with E-state index in [1.807, 2.05) is 12.1 Å². The molecule has 0 saturated carbocycles. The van der Waals surface area contributed by atoms with Crippen molar-refractivity contribution in [1.29, 1.82) is 0 Å². The first-order valence-corrected chi connectivity index (χ1v) is 8.51. The Morgan fingerprint density at radius 2 is 2.12 bits per heavy atom. The number of ether oxygens (including phenoxy) is 2. The third-order valence-corrected chi connectivity index (χ3v) is 4.09. The molecule has 3 heterocycles. The number of hydrogen-bond donors (Lipinski definition) is 3. The van der Waals surface area contributed by atoms with Gasteiger partial charge in [-0.25, -0.2) is 4.98 Å². The number of halogens is 1. The smallest absolute Gasteiger partial charge is 0.185 e. The summed E-state index contributed by atoms with van der Waals surface area (Å²) >= 11 is 6.30. The highest BCUT2D eigenvalue weighted by molar-refractivity contribution is 6.36. The monoisotopic (exact) mass is 357 g/mol. The highest BCUT2D eigenvalue weighted by Gasteiger charge is 2.18. The second kappa shape index (κ2) is 6.37. The van der Waals surface area contributed by atoms with E-state index in [-0.39, 0.29) is 6.04 Å². The lowest BCUT2D eigenvalue weighted by Crippen LogP contribution is -2.16. The summed E-state index contributed by atoms with van der Waals surface area (Å²) in [5.74, 6) is 1.94. The van der Waals surface area contributed by atoms with Crippen molar-refractivity contribution in [3.8, 4) is 11.5 Å². The number of aromatic nitrogens is 2. The molecule has 0 unspecified atom stereocenters. The molecule has 4 rings (SSSR count). The largest absolute Gasteiger partial charge is 0.485 e. The number of nitrogens with zero attached hydrogens (tertiary/aromatic N) is 1. The van der Waals surface area contributed by atoms with E-state index in [2.05, 4.69) is 40.5 Å². The molecule has 0 aliphatic carbocycles. The number of anilines is 3. The molecule has 0 spiro atoms. The minimum absolute atomic E-state index is 0.264. The molecule has 0 saturated heterocycles. The van der Waals surface area contributed by atoms with Gasteiger partial charge in [0.25, 0.3) is 0 Å². The average Bonchev–Trinajstić information content (AvgIpc) is 2.96. The summed E-state index contributed by atoms with van der Waals surface area (Å²) < 4.78 is 11.3. The summed E-state index contributed by atoms with van der Waals surface area (Å²) in [4.78, 5) is 7.72. The molecule has 2 aromatic heterocycles. The van der Waals surface area contributed by atoms with E-state index in [9.17, 15) is 0 Å². The van der Waals surface area contributed by atoms with Crippen LogP contribution < -0.4 is 20.1 Å². The summed E-state index contributed by atoms with van der Waals surface area (Å²) in [6.07, 6.45) is 1.74. The van der Waals surface area contributed by atoms with Crippen molar-refractivity contribution >= 4 is 39.8 Å². The molecule has 129 valence electrons. The summed E-state index contributed by atoms with van der Waals surface area (Å²) in [6.45, 7) is 5.20. The van der Waals surface area contributed by atoms with Gasteiger partial charge < -0.3 is 25.1 Å². The molecule has 3 aromatic rings. The number of benzene rings is 1. The van der Waals surface area contributed by atoms with Crippen LogP contribution in [0.25, 0.3) is 11.0 Å². The first-order valence-electron chi connectivity index (χ1n) is 8.13. The van der Waals surface area contributed by atoms with E-state index in [0.29, 0.717) is 41.2 Å². The van der Waals surface area contributed by atoms with E-state index in [1.165, 1.54) is 0 Å². The van der Waals surface area contributed by atoms with E-state index in [0.717, 1.165) is 16.8 Å². The number of fused-ring (bicyclic) bond motifs is 2. The fourth-order valence-corrected chi connectivity index (χ4v) is 3.07. The number of pyridine rings is 1. The SMILES string of the molecule is CC(C)Nc1cc(Nc2cc[c]c3c2OCCO3)nc2[nH]cc(Cl)c12. The van der Waals surface area contributed by atoms with Gasteiger partial charge in [-0.2, -0.15) is 0 Å². The van der Waals surface area contributed by atoms with Gasteiger partial charge in [0.15, 0.2) is 11.5 Å². The number of rotatable bonds is 4. The van der Waals surface area contributed by atoms with Crippen molar-refractivity contribution in [2.24, 2.45) is 0 Å². The molecule has 1 radical (unpaired) electrons. The Labute approximate surface area is 150 Å². The maximum absolute atomic E-state index is 6.30. The van der Waals surface area contributed by atoms with Crippen molar-refractivity contribution in [3.63, 3.8) is 0 Å². The van der Waals surface area contributed by atoms with Gasteiger partial charge >= 0.3 is 0 Å². The van der Waals surface area contributed by atoms with E-state index < -0.39 is 0 Å². The van der Waals surface area contributed by atoms with Crippen molar-refractivity contribution in [2.75, 3.05) is 23.8 Å². The van der Waals surface area contributed by atoms with Crippen LogP contribution in [-0.2, 0) is 0 Å². The predicted molar refractivity (Wildman–Crippen MR) is 99.4 cm³/mol. The standard InChI is InChI=1S/C18H18ClN4O2/c1-10(2)21-13-8-15(23-18-16(13)11(19)9-20-18)22-12-4-3-5-14-17(12)25-7-6-24-14/h3-4,8-10H,6-7H2,1-2H3,(H3,20,21,22,23). The van der Waals surface area contributed by atoms with Gasteiger partial charge in [0.05, 0.1) is 21.8 Å². The lowest BCUT2D eigenvalue weighted by molar-refractivity contribution is 0.172. The molecule has 0 bridgehead atoms. The van der Waals surface area contributed by atoms with Gasteiger partial charge in [-0.1, -0.05) is 11.6 Å². The second-order valence-electron chi connectivity index (χ2n) is 6.09. The zero-order chi connectivity index (χ0) is 17.4. The second-order valence-corrected chi connectivity index (χ2v) is 6.49. The summed E-state index contributed by atoms with van der Waals surface area (Å²) in [5.41, 5.74) is 2.42. The molecule has 0 atom stereocenters. The Kier molecular flexibility index (Phi) is 4.05. The Bertz CT molecular complexity index is 923. The lowest BCUT2D eigenvalue weighted by Gasteiger charge is -2.21. The van der Waals surface area contributed by atoms with Gasteiger partial charge in [-0.05, 0) is 26.0 Å².